The van der Waals surface area contributed by atoms with Crippen LogP contribution < -0.4 is 11.2 Å². The van der Waals surface area contributed by atoms with E-state index in [1.165, 1.54) is 19.2 Å². The summed E-state index contributed by atoms with van der Waals surface area (Å²) in [5.41, 5.74) is -2.44. The Morgan fingerprint density at radius 3 is 2.53 bits per heavy atom. The number of hydrogen-bond acceptors (Lipinski definition) is 4. The van der Waals surface area contributed by atoms with Crippen molar-refractivity contribution < 1.29 is 9.90 Å². The van der Waals surface area contributed by atoms with Crippen molar-refractivity contribution in [3.63, 3.8) is 0 Å². The van der Waals surface area contributed by atoms with E-state index in [4.69, 9.17) is 16.7 Å². The first-order valence-corrected chi connectivity index (χ1v) is 5.50. The maximum Gasteiger partial charge on any atom is 0.362 e. The van der Waals surface area contributed by atoms with Crippen LogP contribution in [-0.4, -0.2) is 25.4 Å². The number of carboxylic acid groups (broad SMARTS) is 1. The third kappa shape index (κ3) is 2.15. The van der Waals surface area contributed by atoms with Crippen LogP contribution in [-0.2, 0) is 7.05 Å². The van der Waals surface area contributed by atoms with Crippen molar-refractivity contribution in [2.24, 2.45) is 7.05 Å². The fourth-order valence-electron chi connectivity index (χ4n) is 1.55. The first-order chi connectivity index (χ1) is 8.93. The van der Waals surface area contributed by atoms with Crippen LogP contribution in [0.15, 0.2) is 33.9 Å². The molecule has 0 bridgehead atoms. The Balaban J connectivity index is 2.92. The van der Waals surface area contributed by atoms with E-state index >= 15 is 0 Å². The maximum absolute atomic E-state index is 12.0. The molecule has 0 atom stereocenters. The molecule has 0 unspecified atom stereocenters. The van der Waals surface area contributed by atoms with E-state index in [1.54, 1.807) is 12.1 Å². The summed E-state index contributed by atoms with van der Waals surface area (Å²) in [7, 11) is 1.25. The molecule has 0 radical (unpaired) electrons. The molecular weight excluding hydrogens is 274 g/mol. The van der Waals surface area contributed by atoms with E-state index in [-0.39, 0.29) is 10.7 Å². The second-order valence-electron chi connectivity index (χ2n) is 3.65. The van der Waals surface area contributed by atoms with Gasteiger partial charge in [-0.25, -0.2) is 18.8 Å². The minimum absolute atomic E-state index is 0.111. The van der Waals surface area contributed by atoms with E-state index in [2.05, 4.69) is 5.10 Å². The third-order valence-electron chi connectivity index (χ3n) is 2.42. The summed E-state index contributed by atoms with van der Waals surface area (Å²) in [6, 6.07) is 6.13. The van der Waals surface area contributed by atoms with E-state index in [0.717, 1.165) is 4.68 Å². The average Bonchev–Trinajstić information content (AvgIpc) is 2.36. The number of carbonyl (C=O) groups is 1. The van der Waals surface area contributed by atoms with Gasteiger partial charge in [0.2, 0.25) is 5.69 Å². The van der Waals surface area contributed by atoms with Gasteiger partial charge in [0.1, 0.15) is 0 Å². The van der Waals surface area contributed by atoms with Crippen LogP contribution in [0.3, 0.4) is 0 Å². The Labute approximate surface area is 111 Å². The fourth-order valence-corrected chi connectivity index (χ4v) is 1.77. The first kappa shape index (κ1) is 13.0. The molecule has 0 saturated heterocycles. The smallest absolute Gasteiger partial charge is 0.362 e. The summed E-state index contributed by atoms with van der Waals surface area (Å²) in [5.74, 6) is -1.51. The number of rotatable bonds is 2. The topological polar surface area (TPSA) is 94.2 Å². The average molecular weight is 282 g/mol. The summed E-state index contributed by atoms with van der Waals surface area (Å²) < 4.78 is 1.45. The molecule has 19 heavy (non-hydrogen) atoms. The molecule has 1 aromatic heterocycles. The van der Waals surface area contributed by atoms with Gasteiger partial charge < -0.3 is 5.11 Å². The van der Waals surface area contributed by atoms with Crippen molar-refractivity contribution in [2.75, 3.05) is 0 Å². The molecule has 0 spiro atoms. The van der Waals surface area contributed by atoms with Gasteiger partial charge in [-0.3, -0.25) is 4.79 Å². The number of aromatic nitrogens is 3. The van der Waals surface area contributed by atoms with Crippen molar-refractivity contribution >= 4 is 17.6 Å². The lowest BCUT2D eigenvalue weighted by Crippen LogP contribution is -2.42. The zero-order valence-electron chi connectivity index (χ0n) is 9.70. The van der Waals surface area contributed by atoms with Gasteiger partial charge in [0.25, 0.3) is 5.56 Å². The minimum atomic E-state index is -1.51. The van der Waals surface area contributed by atoms with Crippen LogP contribution in [0.5, 0.6) is 0 Å². The van der Waals surface area contributed by atoms with Gasteiger partial charge >= 0.3 is 11.7 Å². The monoisotopic (exact) mass is 281 g/mol. The molecule has 1 heterocycles. The molecule has 0 aliphatic rings. The number of aryl methyl sites for hydroxylation is 1. The molecule has 2 rings (SSSR count). The number of para-hydroxylation sites is 1. The van der Waals surface area contributed by atoms with Gasteiger partial charge in [0, 0.05) is 7.05 Å². The normalized spacial score (nSPS) is 10.4. The second-order valence-corrected chi connectivity index (χ2v) is 4.06. The Morgan fingerprint density at radius 2 is 1.95 bits per heavy atom. The van der Waals surface area contributed by atoms with Crippen molar-refractivity contribution in [3.05, 3.63) is 55.8 Å². The van der Waals surface area contributed by atoms with Crippen molar-refractivity contribution in [2.45, 2.75) is 0 Å². The second kappa shape index (κ2) is 4.69. The van der Waals surface area contributed by atoms with Crippen molar-refractivity contribution in [1.82, 2.24) is 14.3 Å². The van der Waals surface area contributed by atoms with Crippen LogP contribution in [0.4, 0.5) is 0 Å². The molecule has 0 saturated carbocycles. The summed E-state index contributed by atoms with van der Waals surface area (Å²) >= 11 is 5.91. The van der Waals surface area contributed by atoms with Gasteiger partial charge in [-0.2, -0.15) is 5.10 Å². The lowest BCUT2D eigenvalue weighted by Gasteiger charge is -2.08. The quantitative estimate of drug-likeness (QED) is 0.853. The lowest BCUT2D eigenvalue weighted by atomic mass is 10.3. The largest absolute Gasteiger partial charge is 0.476 e. The third-order valence-corrected chi connectivity index (χ3v) is 2.74. The molecule has 1 N–H and O–H groups in total. The molecule has 2 aromatic rings. The SMILES string of the molecule is Cn1nc(C(=O)O)c(=O)n(-c2ccccc2Cl)c1=O. The predicted molar refractivity (Wildman–Crippen MR) is 67.0 cm³/mol. The number of aromatic carboxylic acids is 1. The molecule has 7 nitrogen and oxygen atoms in total. The summed E-state index contributed by atoms with van der Waals surface area (Å²) in [6.07, 6.45) is 0. The van der Waals surface area contributed by atoms with Gasteiger partial charge in [-0.15, -0.1) is 0 Å². The number of halogens is 1. The van der Waals surface area contributed by atoms with E-state index < -0.39 is 22.9 Å². The van der Waals surface area contributed by atoms with Gasteiger partial charge in [-0.05, 0) is 12.1 Å². The Morgan fingerprint density at radius 1 is 1.32 bits per heavy atom. The minimum Gasteiger partial charge on any atom is -0.476 e. The zero-order valence-corrected chi connectivity index (χ0v) is 10.5. The summed E-state index contributed by atoms with van der Waals surface area (Å²) in [4.78, 5) is 34.8. The number of nitrogens with zero attached hydrogens (tertiary/aromatic N) is 3. The van der Waals surface area contributed by atoms with Gasteiger partial charge in [0.15, 0.2) is 0 Å². The highest BCUT2D eigenvalue weighted by atomic mass is 35.5. The van der Waals surface area contributed by atoms with Crippen molar-refractivity contribution in [3.8, 4) is 5.69 Å². The summed E-state index contributed by atoms with van der Waals surface area (Å²) in [6.45, 7) is 0. The maximum atomic E-state index is 12.0. The Bertz CT molecular complexity index is 778. The number of carboxylic acids is 1. The highest BCUT2D eigenvalue weighted by Gasteiger charge is 2.19. The molecule has 0 aliphatic heterocycles. The lowest BCUT2D eigenvalue weighted by molar-refractivity contribution is 0.0684. The number of hydrogen-bond donors (Lipinski definition) is 1. The number of benzene rings is 1. The predicted octanol–water partition coefficient (Wildman–Crippen LogP) is 0.283. The van der Waals surface area contributed by atoms with Crippen LogP contribution in [0.25, 0.3) is 5.69 Å². The molecular formula is C11H8ClN3O4. The van der Waals surface area contributed by atoms with Crippen molar-refractivity contribution in [1.29, 1.82) is 0 Å². The molecule has 0 amide bonds. The first-order valence-electron chi connectivity index (χ1n) is 5.12. The van der Waals surface area contributed by atoms with Crippen LogP contribution in [0.2, 0.25) is 5.02 Å². The Hall–Kier alpha value is -2.41. The van der Waals surface area contributed by atoms with Crippen LogP contribution in [0.1, 0.15) is 10.5 Å². The molecule has 1 aromatic carbocycles. The van der Waals surface area contributed by atoms with Gasteiger partial charge in [0.05, 0.1) is 10.7 Å². The summed E-state index contributed by atoms with van der Waals surface area (Å²) in [5, 5.41) is 12.5. The van der Waals surface area contributed by atoms with Gasteiger partial charge in [-0.1, -0.05) is 23.7 Å². The van der Waals surface area contributed by atoms with E-state index in [0.29, 0.717) is 4.57 Å². The fraction of sp³-hybridized carbons (Fsp3) is 0.0909. The Kier molecular flexibility index (Phi) is 3.22. The van der Waals surface area contributed by atoms with Crippen LogP contribution >= 0.6 is 11.6 Å². The molecule has 0 aliphatic carbocycles. The molecule has 98 valence electrons. The highest BCUT2D eigenvalue weighted by Crippen LogP contribution is 2.16. The zero-order chi connectivity index (χ0) is 14.2. The highest BCUT2D eigenvalue weighted by molar-refractivity contribution is 6.32. The van der Waals surface area contributed by atoms with E-state index in [1.807, 2.05) is 0 Å². The van der Waals surface area contributed by atoms with E-state index in [9.17, 15) is 14.4 Å². The molecule has 8 heteroatoms. The molecule has 0 fully saturated rings. The standard InChI is InChI=1S/C11H8ClN3O4/c1-14-11(19)15(7-5-3-2-4-6(7)12)9(16)8(13-14)10(17)18/h2-5H,1H3,(H,17,18). The van der Waals surface area contributed by atoms with Crippen LogP contribution in [0, 0.1) is 0 Å².